The summed E-state index contributed by atoms with van der Waals surface area (Å²) in [5.41, 5.74) is 0.993. The standard InChI is InChI=1S/C12H18N6/c1-4-13-11(7-12-15-8-16-18(12)3)10-5-6-14-9(2)17-10/h5-6,8,11,13H,4,7H2,1-3H3. The molecular formula is C12H18N6. The number of hydrogen-bond donors (Lipinski definition) is 1. The molecule has 2 aromatic heterocycles. The van der Waals surface area contributed by atoms with Gasteiger partial charge in [0.25, 0.3) is 0 Å². The molecule has 6 nitrogen and oxygen atoms in total. The molecule has 0 aliphatic heterocycles. The van der Waals surface area contributed by atoms with Crippen molar-refractivity contribution in [3.8, 4) is 0 Å². The summed E-state index contributed by atoms with van der Waals surface area (Å²) in [5.74, 6) is 1.73. The topological polar surface area (TPSA) is 68.5 Å². The zero-order valence-electron chi connectivity index (χ0n) is 11.0. The smallest absolute Gasteiger partial charge is 0.138 e. The molecule has 0 aromatic carbocycles. The summed E-state index contributed by atoms with van der Waals surface area (Å²) in [6.45, 7) is 4.86. The fraction of sp³-hybridized carbons (Fsp3) is 0.500. The predicted molar refractivity (Wildman–Crippen MR) is 67.9 cm³/mol. The van der Waals surface area contributed by atoms with E-state index in [1.54, 1.807) is 17.2 Å². The monoisotopic (exact) mass is 246 g/mol. The summed E-state index contributed by atoms with van der Waals surface area (Å²) in [4.78, 5) is 12.9. The van der Waals surface area contributed by atoms with E-state index in [1.165, 1.54) is 0 Å². The summed E-state index contributed by atoms with van der Waals surface area (Å²) in [7, 11) is 1.90. The van der Waals surface area contributed by atoms with Crippen molar-refractivity contribution in [2.75, 3.05) is 6.54 Å². The normalized spacial score (nSPS) is 12.6. The largest absolute Gasteiger partial charge is 0.309 e. The van der Waals surface area contributed by atoms with Gasteiger partial charge in [0.2, 0.25) is 0 Å². The third kappa shape index (κ3) is 2.89. The minimum atomic E-state index is 0.139. The molecule has 0 saturated carbocycles. The molecule has 0 aliphatic carbocycles. The van der Waals surface area contributed by atoms with Crippen LogP contribution in [0, 0.1) is 6.92 Å². The summed E-state index contributed by atoms with van der Waals surface area (Å²) in [6, 6.07) is 2.08. The van der Waals surface area contributed by atoms with Crippen molar-refractivity contribution in [2.24, 2.45) is 7.05 Å². The number of aromatic nitrogens is 5. The lowest BCUT2D eigenvalue weighted by Crippen LogP contribution is -2.25. The molecule has 2 rings (SSSR count). The molecule has 1 atom stereocenters. The van der Waals surface area contributed by atoms with Gasteiger partial charge < -0.3 is 5.32 Å². The lowest BCUT2D eigenvalue weighted by atomic mass is 10.1. The van der Waals surface area contributed by atoms with Gasteiger partial charge in [0.15, 0.2) is 0 Å². The van der Waals surface area contributed by atoms with Crippen molar-refractivity contribution in [3.63, 3.8) is 0 Å². The van der Waals surface area contributed by atoms with Crippen molar-refractivity contribution < 1.29 is 0 Å². The lowest BCUT2D eigenvalue weighted by Gasteiger charge is -2.16. The van der Waals surface area contributed by atoms with E-state index in [-0.39, 0.29) is 6.04 Å². The maximum absolute atomic E-state index is 4.47. The van der Waals surface area contributed by atoms with Gasteiger partial charge >= 0.3 is 0 Å². The molecule has 0 aliphatic rings. The zero-order chi connectivity index (χ0) is 13.0. The summed E-state index contributed by atoms with van der Waals surface area (Å²) < 4.78 is 1.79. The van der Waals surface area contributed by atoms with Crippen LogP contribution in [0.5, 0.6) is 0 Å². The van der Waals surface area contributed by atoms with Crippen LogP contribution >= 0.6 is 0 Å². The van der Waals surface area contributed by atoms with Gasteiger partial charge in [-0.15, -0.1) is 0 Å². The minimum absolute atomic E-state index is 0.139. The first-order valence-electron chi connectivity index (χ1n) is 6.06. The summed E-state index contributed by atoms with van der Waals surface area (Å²) in [5, 5.41) is 7.51. The Balaban J connectivity index is 2.20. The highest BCUT2D eigenvalue weighted by atomic mass is 15.3. The van der Waals surface area contributed by atoms with Crippen LogP contribution in [-0.2, 0) is 13.5 Å². The minimum Gasteiger partial charge on any atom is -0.309 e. The van der Waals surface area contributed by atoms with Gasteiger partial charge in [-0.25, -0.2) is 15.0 Å². The maximum atomic E-state index is 4.47. The van der Waals surface area contributed by atoms with Crippen LogP contribution in [-0.4, -0.2) is 31.3 Å². The Kier molecular flexibility index (Phi) is 3.99. The van der Waals surface area contributed by atoms with Gasteiger partial charge in [-0.1, -0.05) is 6.92 Å². The Bertz CT molecular complexity index is 507. The molecule has 0 spiro atoms. The van der Waals surface area contributed by atoms with Gasteiger partial charge in [-0.05, 0) is 19.5 Å². The van der Waals surface area contributed by atoms with Crippen molar-refractivity contribution in [2.45, 2.75) is 26.3 Å². The van der Waals surface area contributed by atoms with Crippen LogP contribution in [0.3, 0.4) is 0 Å². The third-order valence-electron chi connectivity index (χ3n) is 2.80. The van der Waals surface area contributed by atoms with E-state index in [9.17, 15) is 0 Å². The van der Waals surface area contributed by atoms with E-state index in [0.717, 1.165) is 30.3 Å². The first-order chi connectivity index (χ1) is 8.70. The first-order valence-corrected chi connectivity index (χ1v) is 6.06. The van der Waals surface area contributed by atoms with Crippen LogP contribution in [0.1, 0.15) is 30.3 Å². The molecular weight excluding hydrogens is 228 g/mol. The third-order valence-corrected chi connectivity index (χ3v) is 2.80. The van der Waals surface area contributed by atoms with E-state index in [1.807, 2.05) is 20.0 Å². The molecule has 1 unspecified atom stereocenters. The predicted octanol–water partition coefficient (Wildman–Crippen LogP) is 0.807. The van der Waals surface area contributed by atoms with E-state index >= 15 is 0 Å². The average molecular weight is 246 g/mol. The number of likely N-dealkylation sites (N-methyl/N-ethyl adjacent to an activating group) is 1. The molecule has 96 valence electrons. The highest BCUT2D eigenvalue weighted by molar-refractivity contribution is 5.09. The highest BCUT2D eigenvalue weighted by Crippen LogP contribution is 2.14. The van der Waals surface area contributed by atoms with Crippen LogP contribution < -0.4 is 5.32 Å². The zero-order valence-corrected chi connectivity index (χ0v) is 11.0. The van der Waals surface area contributed by atoms with E-state index in [0.29, 0.717) is 0 Å². The molecule has 0 radical (unpaired) electrons. The van der Waals surface area contributed by atoms with E-state index in [2.05, 4.69) is 32.3 Å². The van der Waals surface area contributed by atoms with Crippen molar-refractivity contribution in [1.29, 1.82) is 0 Å². The second-order valence-corrected chi connectivity index (χ2v) is 4.14. The summed E-state index contributed by atoms with van der Waals surface area (Å²) in [6.07, 6.45) is 4.13. The second kappa shape index (κ2) is 5.68. The number of rotatable bonds is 5. The lowest BCUT2D eigenvalue weighted by molar-refractivity contribution is 0.509. The average Bonchev–Trinajstić information content (AvgIpc) is 2.74. The molecule has 2 heterocycles. The molecule has 0 bridgehead atoms. The molecule has 0 amide bonds. The molecule has 6 heteroatoms. The van der Waals surface area contributed by atoms with Crippen molar-refractivity contribution in [1.82, 2.24) is 30.0 Å². The maximum Gasteiger partial charge on any atom is 0.138 e. The molecule has 2 aromatic rings. The molecule has 0 fully saturated rings. The SMILES string of the molecule is CCNC(Cc1ncnn1C)c1ccnc(C)n1. The quantitative estimate of drug-likeness (QED) is 0.845. The number of nitrogens with one attached hydrogen (secondary N) is 1. The van der Waals surface area contributed by atoms with Gasteiger partial charge in [-0.2, -0.15) is 5.10 Å². The second-order valence-electron chi connectivity index (χ2n) is 4.14. The van der Waals surface area contributed by atoms with Gasteiger partial charge in [0.05, 0.1) is 11.7 Å². The molecule has 18 heavy (non-hydrogen) atoms. The first kappa shape index (κ1) is 12.6. The number of nitrogens with zero attached hydrogens (tertiary/aromatic N) is 5. The molecule has 0 saturated heterocycles. The van der Waals surface area contributed by atoms with Gasteiger partial charge in [-0.3, -0.25) is 4.68 Å². The highest BCUT2D eigenvalue weighted by Gasteiger charge is 2.15. The Morgan fingerprint density at radius 1 is 1.39 bits per heavy atom. The van der Waals surface area contributed by atoms with E-state index < -0.39 is 0 Å². The van der Waals surface area contributed by atoms with Crippen molar-refractivity contribution >= 4 is 0 Å². The van der Waals surface area contributed by atoms with Crippen molar-refractivity contribution in [3.05, 3.63) is 35.9 Å². The Labute approximate surface area is 106 Å². The van der Waals surface area contributed by atoms with E-state index in [4.69, 9.17) is 0 Å². The van der Waals surface area contributed by atoms with Crippen LogP contribution in [0.15, 0.2) is 18.6 Å². The fourth-order valence-electron chi connectivity index (χ4n) is 1.88. The van der Waals surface area contributed by atoms with Crippen LogP contribution in [0.25, 0.3) is 0 Å². The van der Waals surface area contributed by atoms with Crippen LogP contribution in [0.4, 0.5) is 0 Å². The summed E-state index contributed by atoms with van der Waals surface area (Å²) >= 11 is 0. The number of hydrogen-bond acceptors (Lipinski definition) is 5. The number of aryl methyl sites for hydroxylation is 2. The van der Waals surface area contributed by atoms with Crippen LogP contribution in [0.2, 0.25) is 0 Å². The molecule has 1 N–H and O–H groups in total. The Morgan fingerprint density at radius 2 is 2.22 bits per heavy atom. The van der Waals surface area contributed by atoms with Gasteiger partial charge in [0.1, 0.15) is 18.0 Å². The Hall–Kier alpha value is -1.82. The fourth-order valence-corrected chi connectivity index (χ4v) is 1.88. The van der Waals surface area contributed by atoms with Gasteiger partial charge in [0, 0.05) is 19.7 Å². The Morgan fingerprint density at radius 3 is 2.83 bits per heavy atom.